The van der Waals surface area contributed by atoms with E-state index in [9.17, 15) is 19.3 Å². The summed E-state index contributed by atoms with van der Waals surface area (Å²) >= 11 is 0. The van der Waals surface area contributed by atoms with E-state index in [2.05, 4.69) is 10.2 Å². The molecule has 3 rings (SSSR count). The van der Waals surface area contributed by atoms with Gasteiger partial charge in [-0.3, -0.25) is 19.8 Å². The summed E-state index contributed by atoms with van der Waals surface area (Å²) in [5, 5.41) is 13.6. The maximum absolute atomic E-state index is 13.7. The van der Waals surface area contributed by atoms with Crippen molar-refractivity contribution in [2.24, 2.45) is 0 Å². The normalized spacial score (nSPS) is 14.6. The number of ether oxygens (including phenoxy) is 1. The summed E-state index contributed by atoms with van der Waals surface area (Å²) in [5.74, 6) is -0.728. The van der Waals surface area contributed by atoms with E-state index in [-0.39, 0.29) is 30.4 Å². The molecule has 9 heteroatoms. The second-order valence-corrected chi connectivity index (χ2v) is 6.79. The number of amides is 1. The number of piperazine rings is 1. The number of hydrogen-bond acceptors (Lipinski definition) is 6. The monoisotopic (exact) mass is 402 g/mol. The smallest absolute Gasteiger partial charge is 0.269 e. The van der Waals surface area contributed by atoms with Crippen molar-refractivity contribution in [2.45, 2.75) is 6.61 Å². The zero-order valence-electron chi connectivity index (χ0n) is 16.1. The largest absolute Gasteiger partial charge is 0.380 e. The third-order valence-corrected chi connectivity index (χ3v) is 4.80. The number of nitrogens with zero attached hydrogens (tertiary/aromatic N) is 3. The lowest BCUT2D eigenvalue weighted by Crippen LogP contribution is -2.49. The first-order chi connectivity index (χ1) is 14.0. The van der Waals surface area contributed by atoms with E-state index in [4.69, 9.17) is 4.74 Å². The van der Waals surface area contributed by atoms with Crippen LogP contribution in [0.1, 0.15) is 5.56 Å². The van der Waals surface area contributed by atoms with Gasteiger partial charge in [0.1, 0.15) is 5.82 Å². The zero-order valence-corrected chi connectivity index (χ0v) is 16.1. The Morgan fingerprint density at radius 2 is 1.93 bits per heavy atom. The van der Waals surface area contributed by atoms with Crippen LogP contribution in [0.4, 0.5) is 21.5 Å². The quantitative estimate of drug-likeness (QED) is 0.566. The molecule has 1 aliphatic rings. The van der Waals surface area contributed by atoms with Gasteiger partial charge in [0.05, 0.1) is 23.8 Å². The van der Waals surface area contributed by atoms with Gasteiger partial charge in [-0.25, -0.2) is 4.39 Å². The van der Waals surface area contributed by atoms with Crippen LogP contribution in [0.3, 0.4) is 0 Å². The molecule has 2 aromatic rings. The lowest BCUT2D eigenvalue weighted by atomic mass is 10.1. The Labute approximate surface area is 168 Å². The van der Waals surface area contributed by atoms with E-state index >= 15 is 0 Å². The molecule has 0 radical (unpaired) electrons. The van der Waals surface area contributed by atoms with Crippen molar-refractivity contribution in [1.29, 1.82) is 0 Å². The molecule has 1 heterocycles. The first-order valence-electron chi connectivity index (χ1n) is 9.26. The number of para-hydroxylation sites is 1. The third kappa shape index (κ3) is 5.27. The van der Waals surface area contributed by atoms with Gasteiger partial charge in [0.15, 0.2) is 0 Å². The molecular formula is C20H23FN4O4. The van der Waals surface area contributed by atoms with Crippen LogP contribution in [0.25, 0.3) is 0 Å². The van der Waals surface area contributed by atoms with Gasteiger partial charge in [0.25, 0.3) is 5.69 Å². The van der Waals surface area contributed by atoms with Gasteiger partial charge in [-0.15, -0.1) is 0 Å². The Hall–Kier alpha value is -3.04. The van der Waals surface area contributed by atoms with Gasteiger partial charge in [0.2, 0.25) is 5.91 Å². The number of nitro groups is 1. The molecule has 2 aromatic carbocycles. The van der Waals surface area contributed by atoms with Crippen LogP contribution in [0.15, 0.2) is 42.5 Å². The molecule has 0 atom stereocenters. The highest BCUT2D eigenvalue weighted by Gasteiger charge is 2.22. The second-order valence-electron chi connectivity index (χ2n) is 6.79. The van der Waals surface area contributed by atoms with Crippen molar-refractivity contribution in [3.05, 3.63) is 64.0 Å². The summed E-state index contributed by atoms with van der Waals surface area (Å²) in [5.41, 5.74) is 1.86. The number of nitro benzene ring substituents is 1. The van der Waals surface area contributed by atoms with E-state index in [1.165, 1.54) is 24.3 Å². The minimum Gasteiger partial charge on any atom is -0.380 e. The van der Waals surface area contributed by atoms with Gasteiger partial charge < -0.3 is 15.0 Å². The summed E-state index contributed by atoms with van der Waals surface area (Å²) in [6, 6.07) is 10.8. The van der Waals surface area contributed by atoms with Crippen LogP contribution in [-0.2, 0) is 16.1 Å². The number of carbonyl (C=O) groups is 1. The average molecular weight is 402 g/mol. The van der Waals surface area contributed by atoms with E-state index < -0.39 is 10.7 Å². The van der Waals surface area contributed by atoms with Gasteiger partial charge >= 0.3 is 0 Å². The van der Waals surface area contributed by atoms with E-state index in [1.807, 2.05) is 4.90 Å². The van der Waals surface area contributed by atoms with Crippen molar-refractivity contribution >= 4 is 23.0 Å². The Kier molecular flexibility index (Phi) is 6.73. The fourth-order valence-electron chi connectivity index (χ4n) is 3.37. The minimum absolute atomic E-state index is 0.0317. The molecule has 0 unspecified atom stereocenters. The molecule has 0 bridgehead atoms. The molecule has 1 amide bonds. The topological polar surface area (TPSA) is 88.0 Å². The maximum Gasteiger partial charge on any atom is 0.269 e. The Morgan fingerprint density at radius 3 is 2.59 bits per heavy atom. The van der Waals surface area contributed by atoms with Crippen LogP contribution in [0.2, 0.25) is 0 Å². The number of nitrogens with one attached hydrogen (secondary N) is 1. The number of benzene rings is 2. The standard InChI is InChI=1S/C20H23FN4O4/c1-29-14-15-12-16(25(27)28)6-7-19(15)24-10-8-23(9-11-24)13-20(26)22-18-5-3-2-4-17(18)21/h2-7,12H,8-11,13-14H2,1H3,(H,22,26). The molecule has 0 aromatic heterocycles. The summed E-state index contributed by atoms with van der Waals surface area (Å²) in [7, 11) is 1.55. The molecule has 1 fully saturated rings. The highest BCUT2D eigenvalue weighted by Crippen LogP contribution is 2.27. The highest BCUT2D eigenvalue weighted by molar-refractivity contribution is 5.92. The van der Waals surface area contributed by atoms with Crippen LogP contribution in [0, 0.1) is 15.9 Å². The number of methoxy groups -OCH3 is 1. The van der Waals surface area contributed by atoms with Gasteiger partial charge in [-0.1, -0.05) is 12.1 Å². The molecule has 1 aliphatic heterocycles. The summed E-state index contributed by atoms with van der Waals surface area (Å²) < 4.78 is 18.8. The SMILES string of the molecule is COCc1cc([N+](=O)[O-])ccc1N1CCN(CC(=O)Nc2ccccc2F)CC1. The van der Waals surface area contributed by atoms with Crippen LogP contribution in [0.5, 0.6) is 0 Å². The first kappa shape index (κ1) is 20.7. The van der Waals surface area contributed by atoms with Crippen LogP contribution < -0.4 is 10.2 Å². The van der Waals surface area contributed by atoms with Crippen molar-refractivity contribution < 1.29 is 18.8 Å². The Morgan fingerprint density at radius 1 is 1.21 bits per heavy atom. The maximum atomic E-state index is 13.7. The minimum atomic E-state index is -0.463. The van der Waals surface area contributed by atoms with E-state index in [0.29, 0.717) is 26.2 Å². The predicted octanol–water partition coefficient (Wildman–Crippen LogP) is 2.64. The number of halogens is 1. The first-order valence-corrected chi connectivity index (χ1v) is 9.26. The number of carbonyl (C=O) groups excluding carboxylic acids is 1. The Balaban J connectivity index is 1.58. The van der Waals surface area contributed by atoms with Crippen molar-refractivity contribution in [3.63, 3.8) is 0 Å². The van der Waals surface area contributed by atoms with Crippen LogP contribution in [-0.4, -0.2) is 55.6 Å². The number of hydrogen-bond donors (Lipinski definition) is 1. The Bertz CT molecular complexity index is 885. The molecular weight excluding hydrogens is 379 g/mol. The molecule has 8 nitrogen and oxygen atoms in total. The van der Waals surface area contributed by atoms with Crippen molar-refractivity contribution in [2.75, 3.05) is 50.1 Å². The zero-order chi connectivity index (χ0) is 20.8. The summed E-state index contributed by atoms with van der Waals surface area (Å²) in [6.45, 7) is 3.08. The summed E-state index contributed by atoms with van der Waals surface area (Å²) in [6.07, 6.45) is 0. The fraction of sp³-hybridized carbons (Fsp3) is 0.350. The molecule has 154 valence electrons. The van der Waals surface area contributed by atoms with Crippen LogP contribution >= 0.6 is 0 Å². The number of non-ortho nitro benzene ring substituents is 1. The van der Waals surface area contributed by atoms with Gasteiger partial charge in [-0.2, -0.15) is 0 Å². The van der Waals surface area contributed by atoms with E-state index in [1.54, 1.807) is 25.3 Å². The number of rotatable bonds is 7. The fourth-order valence-corrected chi connectivity index (χ4v) is 3.37. The molecule has 0 spiro atoms. The second kappa shape index (κ2) is 9.44. The molecule has 1 saturated heterocycles. The van der Waals surface area contributed by atoms with E-state index in [0.717, 1.165) is 11.3 Å². The number of anilines is 2. The lowest BCUT2D eigenvalue weighted by molar-refractivity contribution is -0.384. The van der Waals surface area contributed by atoms with Gasteiger partial charge in [-0.05, 0) is 18.2 Å². The van der Waals surface area contributed by atoms with Crippen molar-refractivity contribution in [1.82, 2.24) is 4.90 Å². The molecule has 1 N–H and O–H groups in total. The molecule has 0 aliphatic carbocycles. The molecule has 0 saturated carbocycles. The van der Waals surface area contributed by atoms with Crippen molar-refractivity contribution in [3.8, 4) is 0 Å². The lowest BCUT2D eigenvalue weighted by Gasteiger charge is -2.36. The molecule has 29 heavy (non-hydrogen) atoms. The third-order valence-electron chi connectivity index (χ3n) is 4.80. The predicted molar refractivity (Wildman–Crippen MR) is 107 cm³/mol. The summed E-state index contributed by atoms with van der Waals surface area (Å²) in [4.78, 5) is 26.9. The average Bonchev–Trinajstić information content (AvgIpc) is 2.70. The highest BCUT2D eigenvalue weighted by atomic mass is 19.1. The van der Waals surface area contributed by atoms with Gasteiger partial charge in [0, 0.05) is 56.7 Å².